The fraction of sp³-hybridized carbons (Fsp3) is 0.286. The molecule has 0 fully saturated rings. The molecule has 0 saturated carbocycles. The van der Waals surface area contributed by atoms with Gasteiger partial charge in [-0.1, -0.05) is 0 Å². The minimum absolute atomic E-state index is 0.0552. The molecular formula is C14H15N3O3S2. The van der Waals surface area contributed by atoms with Gasteiger partial charge in [0.25, 0.3) is 0 Å². The van der Waals surface area contributed by atoms with Crippen LogP contribution in [-0.2, 0) is 22.2 Å². The number of carbonyl (C=O) groups is 1. The van der Waals surface area contributed by atoms with Gasteiger partial charge in [0.15, 0.2) is 5.78 Å². The third-order valence-electron chi connectivity index (χ3n) is 3.56. The topological polar surface area (TPSA) is 95.0 Å². The first kappa shape index (κ1) is 15.3. The summed E-state index contributed by atoms with van der Waals surface area (Å²) in [5.41, 5.74) is 3.23. The SMILES string of the molecule is CC(=O)c1nn(-c2ccc(S(N)(=O)=O)cc2)c2c1CSCC2. The van der Waals surface area contributed by atoms with Crippen molar-refractivity contribution >= 4 is 27.6 Å². The summed E-state index contributed by atoms with van der Waals surface area (Å²) in [7, 11) is -3.71. The minimum atomic E-state index is -3.71. The zero-order valence-electron chi connectivity index (χ0n) is 11.9. The summed E-state index contributed by atoms with van der Waals surface area (Å²) < 4.78 is 24.4. The third kappa shape index (κ3) is 2.69. The molecule has 0 amide bonds. The lowest BCUT2D eigenvalue weighted by Crippen LogP contribution is -2.12. The highest BCUT2D eigenvalue weighted by Gasteiger charge is 2.24. The fourth-order valence-corrected chi connectivity index (χ4v) is 4.02. The van der Waals surface area contributed by atoms with E-state index in [0.29, 0.717) is 5.69 Å². The number of primary sulfonamides is 1. The number of aromatic nitrogens is 2. The largest absolute Gasteiger partial charge is 0.293 e. The molecule has 0 unspecified atom stereocenters. The number of thioether (sulfide) groups is 1. The number of benzene rings is 1. The lowest BCUT2D eigenvalue weighted by Gasteiger charge is -2.14. The molecule has 1 aliphatic heterocycles. The van der Waals surface area contributed by atoms with Gasteiger partial charge in [-0.25, -0.2) is 18.2 Å². The molecule has 8 heteroatoms. The van der Waals surface area contributed by atoms with Gasteiger partial charge in [-0.3, -0.25) is 4.79 Å². The van der Waals surface area contributed by atoms with Crippen LogP contribution in [0.2, 0.25) is 0 Å². The summed E-state index contributed by atoms with van der Waals surface area (Å²) in [5.74, 6) is 1.70. The summed E-state index contributed by atoms with van der Waals surface area (Å²) in [4.78, 5) is 11.8. The molecule has 0 atom stereocenters. The molecule has 1 aromatic carbocycles. The van der Waals surface area contributed by atoms with Crippen molar-refractivity contribution in [2.75, 3.05) is 5.75 Å². The van der Waals surface area contributed by atoms with Crippen molar-refractivity contribution in [1.29, 1.82) is 0 Å². The number of rotatable bonds is 3. The van der Waals surface area contributed by atoms with Crippen molar-refractivity contribution in [1.82, 2.24) is 9.78 Å². The zero-order valence-corrected chi connectivity index (χ0v) is 13.6. The van der Waals surface area contributed by atoms with Crippen LogP contribution in [0.25, 0.3) is 5.69 Å². The number of hydrogen-bond acceptors (Lipinski definition) is 5. The molecule has 22 heavy (non-hydrogen) atoms. The van der Waals surface area contributed by atoms with Crippen molar-refractivity contribution in [2.24, 2.45) is 5.14 Å². The standard InChI is InChI=1S/C14H15N3O3S2/c1-9(18)14-12-8-21-7-6-13(12)17(16-14)10-2-4-11(5-3-10)22(15,19)20/h2-5H,6-8H2,1H3,(H2,15,19,20). The molecule has 2 aromatic rings. The van der Waals surface area contributed by atoms with E-state index < -0.39 is 10.0 Å². The molecule has 0 bridgehead atoms. The minimum Gasteiger partial charge on any atom is -0.293 e. The maximum absolute atomic E-state index is 11.8. The smallest absolute Gasteiger partial charge is 0.238 e. The highest BCUT2D eigenvalue weighted by molar-refractivity contribution is 7.98. The van der Waals surface area contributed by atoms with E-state index in [1.165, 1.54) is 19.1 Å². The average molecular weight is 337 g/mol. The van der Waals surface area contributed by atoms with E-state index in [9.17, 15) is 13.2 Å². The number of ketones is 1. The quantitative estimate of drug-likeness (QED) is 0.857. The van der Waals surface area contributed by atoms with Crippen molar-refractivity contribution in [2.45, 2.75) is 24.0 Å². The van der Waals surface area contributed by atoms with Gasteiger partial charge in [-0.2, -0.15) is 16.9 Å². The Morgan fingerprint density at radius 3 is 2.59 bits per heavy atom. The van der Waals surface area contributed by atoms with Crippen LogP contribution in [0.1, 0.15) is 28.7 Å². The van der Waals surface area contributed by atoms with E-state index in [2.05, 4.69) is 5.10 Å². The molecule has 116 valence electrons. The van der Waals surface area contributed by atoms with E-state index in [4.69, 9.17) is 5.14 Å². The van der Waals surface area contributed by atoms with Crippen LogP contribution >= 0.6 is 11.8 Å². The zero-order chi connectivity index (χ0) is 15.9. The van der Waals surface area contributed by atoms with Crippen LogP contribution < -0.4 is 5.14 Å². The predicted octanol–water partition coefficient (Wildman–Crippen LogP) is 1.51. The van der Waals surface area contributed by atoms with Gasteiger partial charge >= 0.3 is 0 Å². The van der Waals surface area contributed by atoms with Crippen LogP contribution in [0.4, 0.5) is 0 Å². The van der Waals surface area contributed by atoms with E-state index in [-0.39, 0.29) is 10.7 Å². The van der Waals surface area contributed by atoms with Gasteiger partial charge in [0.2, 0.25) is 10.0 Å². The first-order chi connectivity index (χ1) is 10.4. The van der Waals surface area contributed by atoms with Gasteiger partial charge < -0.3 is 0 Å². The van der Waals surface area contributed by atoms with Crippen LogP contribution in [-0.4, -0.2) is 29.7 Å². The van der Waals surface area contributed by atoms with Crippen molar-refractivity contribution < 1.29 is 13.2 Å². The van der Waals surface area contributed by atoms with Gasteiger partial charge in [0.05, 0.1) is 10.6 Å². The number of sulfonamides is 1. The molecule has 6 nitrogen and oxygen atoms in total. The fourth-order valence-electron chi connectivity index (χ4n) is 2.51. The van der Waals surface area contributed by atoms with Crippen LogP contribution in [0.5, 0.6) is 0 Å². The highest BCUT2D eigenvalue weighted by atomic mass is 32.2. The molecule has 0 saturated heterocycles. The lowest BCUT2D eigenvalue weighted by molar-refractivity contribution is 0.101. The first-order valence-electron chi connectivity index (χ1n) is 6.70. The van der Waals surface area contributed by atoms with Gasteiger partial charge in [-0.15, -0.1) is 0 Å². The first-order valence-corrected chi connectivity index (χ1v) is 9.40. The van der Waals surface area contributed by atoms with E-state index in [1.54, 1.807) is 28.6 Å². The molecule has 1 aliphatic rings. The van der Waals surface area contributed by atoms with E-state index >= 15 is 0 Å². The Hall–Kier alpha value is -1.64. The van der Waals surface area contributed by atoms with Crippen molar-refractivity contribution in [3.63, 3.8) is 0 Å². The maximum atomic E-state index is 11.8. The number of carbonyl (C=O) groups excluding carboxylic acids is 1. The van der Waals surface area contributed by atoms with Crippen LogP contribution in [0, 0.1) is 0 Å². The Morgan fingerprint density at radius 1 is 1.32 bits per heavy atom. The van der Waals surface area contributed by atoms with Crippen LogP contribution in [0.3, 0.4) is 0 Å². The Morgan fingerprint density at radius 2 is 2.00 bits per heavy atom. The van der Waals surface area contributed by atoms with Crippen LogP contribution in [0.15, 0.2) is 29.2 Å². The summed E-state index contributed by atoms with van der Waals surface area (Å²) >= 11 is 1.78. The molecule has 2 heterocycles. The highest BCUT2D eigenvalue weighted by Crippen LogP contribution is 2.29. The lowest BCUT2D eigenvalue weighted by atomic mass is 10.1. The molecule has 0 radical (unpaired) electrons. The second kappa shape index (κ2) is 5.53. The number of hydrogen-bond donors (Lipinski definition) is 1. The average Bonchev–Trinajstić information content (AvgIpc) is 2.86. The summed E-state index contributed by atoms with van der Waals surface area (Å²) in [6, 6.07) is 6.20. The van der Waals surface area contributed by atoms with Gasteiger partial charge in [-0.05, 0) is 36.4 Å². The summed E-state index contributed by atoms with van der Waals surface area (Å²) in [5, 5.41) is 9.53. The molecule has 2 N–H and O–H groups in total. The van der Waals surface area contributed by atoms with E-state index in [0.717, 1.165) is 34.9 Å². The van der Waals surface area contributed by atoms with E-state index in [1.807, 2.05) is 0 Å². The molecular weight excluding hydrogens is 322 g/mol. The molecule has 0 aliphatic carbocycles. The second-order valence-electron chi connectivity index (χ2n) is 5.08. The monoisotopic (exact) mass is 337 g/mol. The Balaban J connectivity index is 2.10. The second-order valence-corrected chi connectivity index (χ2v) is 7.75. The number of nitrogens with zero attached hydrogens (tertiary/aromatic N) is 2. The molecule has 1 aromatic heterocycles. The van der Waals surface area contributed by atoms with Crippen molar-refractivity contribution in [3.8, 4) is 5.69 Å². The number of nitrogens with two attached hydrogens (primary N) is 1. The predicted molar refractivity (Wildman–Crippen MR) is 84.8 cm³/mol. The molecule has 3 rings (SSSR count). The maximum Gasteiger partial charge on any atom is 0.238 e. The summed E-state index contributed by atoms with van der Waals surface area (Å²) in [6.07, 6.45) is 0.831. The van der Waals surface area contributed by atoms with Gasteiger partial charge in [0, 0.05) is 23.9 Å². The van der Waals surface area contributed by atoms with Gasteiger partial charge in [0.1, 0.15) is 5.69 Å². The Labute approximate surface area is 132 Å². The van der Waals surface area contributed by atoms with Crippen molar-refractivity contribution in [3.05, 3.63) is 41.2 Å². The third-order valence-corrected chi connectivity index (χ3v) is 5.48. The summed E-state index contributed by atoms with van der Waals surface area (Å²) in [6.45, 7) is 1.51. The number of fused-ring (bicyclic) bond motifs is 1. The molecule has 0 spiro atoms. The Bertz CT molecular complexity index is 839. The normalized spacial score (nSPS) is 14.6. The Kier molecular flexibility index (Phi) is 3.84. The number of Topliss-reactive ketones (excluding diaryl/α,β-unsaturated/α-hetero) is 1.